The first-order valence-corrected chi connectivity index (χ1v) is 12.1. The highest BCUT2D eigenvalue weighted by molar-refractivity contribution is 7.89. The Balaban J connectivity index is 1.42. The first-order valence-electron chi connectivity index (χ1n) is 10.3. The average molecular weight is 493 g/mol. The van der Waals surface area contributed by atoms with E-state index in [0.29, 0.717) is 35.8 Å². The molecule has 1 unspecified atom stereocenters. The number of rotatable bonds is 6. The summed E-state index contributed by atoms with van der Waals surface area (Å²) in [5, 5.41) is 4.48. The minimum atomic E-state index is -3.82. The van der Waals surface area contributed by atoms with E-state index in [9.17, 15) is 17.6 Å². The van der Waals surface area contributed by atoms with Crippen LogP contribution in [0.1, 0.15) is 18.7 Å². The lowest BCUT2D eigenvalue weighted by Gasteiger charge is -2.33. The number of piperidine rings is 1. The Hall–Kier alpha value is -2.82. The maximum absolute atomic E-state index is 13.2. The predicted molar refractivity (Wildman–Crippen MR) is 119 cm³/mol. The third-order valence-electron chi connectivity index (χ3n) is 5.48. The van der Waals surface area contributed by atoms with Crippen LogP contribution in [-0.4, -0.2) is 53.8 Å². The van der Waals surface area contributed by atoms with Crippen LogP contribution in [0.5, 0.6) is 0 Å². The second-order valence-corrected chi connectivity index (χ2v) is 10.2. The van der Waals surface area contributed by atoms with Crippen molar-refractivity contribution in [1.29, 1.82) is 0 Å². The summed E-state index contributed by atoms with van der Waals surface area (Å²) in [7, 11) is -2.21. The number of aromatic nitrogens is 2. The molecule has 0 saturated carbocycles. The Morgan fingerprint density at radius 2 is 2.03 bits per heavy atom. The van der Waals surface area contributed by atoms with Crippen LogP contribution >= 0.6 is 11.6 Å². The van der Waals surface area contributed by atoms with Crippen molar-refractivity contribution in [3.63, 3.8) is 0 Å². The summed E-state index contributed by atoms with van der Waals surface area (Å²) in [5.74, 6) is -0.609. The lowest BCUT2D eigenvalue weighted by molar-refractivity contribution is -0.136. The molecule has 2 heterocycles. The highest BCUT2D eigenvalue weighted by atomic mass is 35.5. The highest BCUT2D eigenvalue weighted by Crippen LogP contribution is 2.26. The van der Waals surface area contributed by atoms with Crippen LogP contribution in [-0.2, 0) is 21.4 Å². The van der Waals surface area contributed by atoms with E-state index in [-0.39, 0.29) is 29.8 Å². The molecule has 2 aromatic carbocycles. The molecule has 0 N–H and O–H groups in total. The molecule has 0 aliphatic carbocycles. The van der Waals surface area contributed by atoms with E-state index in [1.165, 1.54) is 21.3 Å². The molecular weight excluding hydrogens is 471 g/mol. The van der Waals surface area contributed by atoms with Gasteiger partial charge in [0.25, 0.3) is 0 Å². The second-order valence-electron chi connectivity index (χ2n) is 7.87. The van der Waals surface area contributed by atoms with Crippen molar-refractivity contribution >= 4 is 27.5 Å². The van der Waals surface area contributed by atoms with Gasteiger partial charge in [-0.1, -0.05) is 28.9 Å². The quantitative estimate of drug-likeness (QED) is 0.521. The number of amides is 1. The number of carbonyl (C=O) groups excluding carboxylic acids is 1. The summed E-state index contributed by atoms with van der Waals surface area (Å²) in [5.41, 5.74) is 0.695. The fraction of sp³-hybridized carbons (Fsp3) is 0.318. The predicted octanol–water partition coefficient (Wildman–Crippen LogP) is 3.59. The molecule has 1 fully saturated rings. The third kappa shape index (κ3) is 5.23. The number of benzene rings is 2. The van der Waals surface area contributed by atoms with Crippen molar-refractivity contribution < 1.29 is 22.1 Å². The zero-order valence-electron chi connectivity index (χ0n) is 17.8. The normalized spacial score (nSPS) is 17.1. The largest absolute Gasteiger partial charge is 0.337 e. The maximum atomic E-state index is 13.2. The van der Waals surface area contributed by atoms with Crippen molar-refractivity contribution in [3.8, 4) is 11.4 Å². The molecule has 1 aliphatic heterocycles. The van der Waals surface area contributed by atoms with Gasteiger partial charge in [-0.15, -0.1) is 0 Å². The Morgan fingerprint density at radius 1 is 1.27 bits per heavy atom. The smallest absolute Gasteiger partial charge is 0.246 e. The summed E-state index contributed by atoms with van der Waals surface area (Å²) in [4.78, 5) is 18.8. The van der Waals surface area contributed by atoms with E-state index in [1.54, 1.807) is 31.3 Å². The summed E-state index contributed by atoms with van der Waals surface area (Å²) in [6, 6.07) is 11.7. The van der Waals surface area contributed by atoms with Gasteiger partial charge in [-0.05, 0) is 49.2 Å². The van der Waals surface area contributed by atoms with Crippen molar-refractivity contribution in [2.75, 3.05) is 20.1 Å². The number of hydrogen-bond donors (Lipinski definition) is 0. The topological polar surface area (TPSA) is 96.6 Å². The van der Waals surface area contributed by atoms with Crippen LogP contribution in [0.15, 0.2) is 57.9 Å². The molecule has 0 radical (unpaired) electrons. The zero-order valence-corrected chi connectivity index (χ0v) is 19.4. The highest BCUT2D eigenvalue weighted by Gasteiger charge is 2.34. The average Bonchev–Trinajstić information content (AvgIpc) is 3.27. The van der Waals surface area contributed by atoms with E-state index in [1.807, 2.05) is 0 Å². The van der Waals surface area contributed by atoms with Crippen molar-refractivity contribution in [2.45, 2.75) is 24.3 Å². The SMILES string of the molecule is CN(Cc1nc(-c2cccc(Cl)c2)no1)C(=O)C1CCCN(S(=O)(=O)c2ccc(F)cc2)C1. The first-order chi connectivity index (χ1) is 15.7. The van der Waals surface area contributed by atoms with E-state index in [4.69, 9.17) is 16.1 Å². The third-order valence-corrected chi connectivity index (χ3v) is 7.60. The summed E-state index contributed by atoms with van der Waals surface area (Å²) < 4.78 is 45.6. The number of carbonyl (C=O) groups is 1. The van der Waals surface area contributed by atoms with Crippen LogP contribution < -0.4 is 0 Å². The second kappa shape index (κ2) is 9.58. The molecule has 0 spiro atoms. The molecule has 1 amide bonds. The molecular formula is C22H22ClFN4O4S. The van der Waals surface area contributed by atoms with Gasteiger partial charge >= 0.3 is 0 Å². The van der Waals surface area contributed by atoms with Crippen LogP contribution in [0.25, 0.3) is 11.4 Å². The minimum Gasteiger partial charge on any atom is -0.337 e. The Kier molecular flexibility index (Phi) is 6.78. The number of halogens is 2. The number of hydrogen-bond acceptors (Lipinski definition) is 6. The molecule has 1 atom stereocenters. The fourth-order valence-electron chi connectivity index (χ4n) is 3.77. The van der Waals surface area contributed by atoms with Gasteiger partial charge in [-0.3, -0.25) is 4.79 Å². The van der Waals surface area contributed by atoms with Crippen molar-refractivity contribution in [1.82, 2.24) is 19.3 Å². The van der Waals surface area contributed by atoms with E-state index in [2.05, 4.69) is 10.1 Å². The van der Waals surface area contributed by atoms with Gasteiger partial charge in [0.15, 0.2) is 0 Å². The van der Waals surface area contributed by atoms with Crippen molar-refractivity contribution in [2.24, 2.45) is 5.92 Å². The van der Waals surface area contributed by atoms with Gasteiger partial charge in [0.2, 0.25) is 27.6 Å². The minimum absolute atomic E-state index is 0.00441. The standard InChI is InChI=1S/C22H22ClFN4O4S/c1-27(14-20-25-21(26-32-20)15-4-2-6-17(23)12-15)22(29)16-5-3-11-28(13-16)33(30,31)19-9-7-18(24)8-10-19/h2,4,6-10,12,16H,3,5,11,13-14H2,1H3. The number of nitrogens with zero attached hydrogens (tertiary/aromatic N) is 4. The van der Waals surface area contributed by atoms with Crippen LogP contribution in [0, 0.1) is 11.7 Å². The molecule has 1 aliphatic rings. The van der Waals surface area contributed by atoms with Crippen LogP contribution in [0.2, 0.25) is 5.02 Å². The Labute approximate surface area is 196 Å². The van der Waals surface area contributed by atoms with Gasteiger partial charge < -0.3 is 9.42 Å². The van der Waals surface area contributed by atoms with Gasteiger partial charge in [0.05, 0.1) is 17.4 Å². The van der Waals surface area contributed by atoms with Gasteiger partial charge in [-0.25, -0.2) is 12.8 Å². The summed E-state index contributed by atoms with van der Waals surface area (Å²) in [6.45, 7) is 0.452. The Bertz CT molecular complexity index is 1250. The monoisotopic (exact) mass is 492 g/mol. The molecule has 4 rings (SSSR count). The van der Waals surface area contributed by atoms with Crippen molar-refractivity contribution in [3.05, 3.63) is 65.3 Å². The van der Waals surface area contributed by atoms with E-state index < -0.39 is 21.8 Å². The summed E-state index contributed by atoms with van der Waals surface area (Å²) >= 11 is 6.00. The molecule has 0 bridgehead atoms. The summed E-state index contributed by atoms with van der Waals surface area (Å²) in [6.07, 6.45) is 1.11. The zero-order chi connectivity index (χ0) is 23.6. The van der Waals surface area contributed by atoms with Crippen LogP contribution in [0.3, 0.4) is 0 Å². The maximum Gasteiger partial charge on any atom is 0.246 e. The van der Waals surface area contributed by atoms with Gasteiger partial charge in [0, 0.05) is 30.7 Å². The van der Waals surface area contributed by atoms with Crippen LogP contribution in [0.4, 0.5) is 4.39 Å². The first kappa shape index (κ1) is 23.3. The van der Waals surface area contributed by atoms with Gasteiger partial charge in [-0.2, -0.15) is 9.29 Å². The Morgan fingerprint density at radius 3 is 2.76 bits per heavy atom. The molecule has 1 aromatic heterocycles. The van der Waals surface area contributed by atoms with E-state index >= 15 is 0 Å². The molecule has 11 heteroatoms. The fourth-order valence-corrected chi connectivity index (χ4v) is 5.49. The molecule has 174 valence electrons. The number of sulfonamides is 1. The molecule has 8 nitrogen and oxygen atoms in total. The van der Waals surface area contributed by atoms with Gasteiger partial charge in [0.1, 0.15) is 5.82 Å². The molecule has 1 saturated heterocycles. The molecule has 3 aromatic rings. The lowest BCUT2D eigenvalue weighted by atomic mass is 9.98. The lowest BCUT2D eigenvalue weighted by Crippen LogP contribution is -2.45. The molecule has 33 heavy (non-hydrogen) atoms. The van der Waals surface area contributed by atoms with E-state index in [0.717, 1.165) is 12.1 Å².